The molecule has 0 aliphatic rings. The average Bonchev–Trinajstić information content (AvgIpc) is 2.05. The Hall–Kier alpha value is -0.316. The van der Waals surface area contributed by atoms with Crippen LogP contribution in [-0.2, 0) is 39.3 Å². The molecule has 0 atom stereocenters. The van der Waals surface area contributed by atoms with Crippen LogP contribution >= 0.6 is 0 Å². The van der Waals surface area contributed by atoms with E-state index >= 15 is 0 Å². The SMILES string of the molecule is O=[N+]([O-])c1[c-]ccc(CO)c1.[Y]. The summed E-state index contributed by atoms with van der Waals surface area (Å²) in [6.07, 6.45) is 0. The minimum Gasteiger partial charge on any atom is -0.394 e. The summed E-state index contributed by atoms with van der Waals surface area (Å²) in [7, 11) is 0. The largest absolute Gasteiger partial charge is 0.394 e. The summed E-state index contributed by atoms with van der Waals surface area (Å²) in [5, 5.41) is 18.8. The van der Waals surface area contributed by atoms with Gasteiger partial charge in [0.25, 0.3) is 0 Å². The molecular weight excluding hydrogens is 235 g/mol. The van der Waals surface area contributed by atoms with E-state index in [9.17, 15) is 10.1 Å². The molecule has 0 aliphatic heterocycles. The smallest absolute Gasteiger partial charge is 0.162 e. The quantitative estimate of drug-likeness (QED) is 0.475. The molecule has 0 fully saturated rings. The summed E-state index contributed by atoms with van der Waals surface area (Å²) in [6, 6.07) is 6.72. The van der Waals surface area contributed by atoms with Crippen molar-refractivity contribution in [3.8, 4) is 0 Å². The van der Waals surface area contributed by atoms with E-state index in [0.29, 0.717) is 5.56 Å². The van der Waals surface area contributed by atoms with Gasteiger partial charge in [-0.3, -0.25) is 10.1 Å². The fraction of sp³-hybridized carbons (Fsp3) is 0.143. The zero-order chi connectivity index (χ0) is 8.27. The van der Waals surface area contributed by atoms with E-state index in [1.807, 2.05) is 0 Å². The molecule has 61 valence electrons. The fourth-order valence-electron chi connectivity index (χ4n) is 0.703. The fourth-order valence-corrected chi connectivity index (χ4v) is 0.703. The van der Waals surface area contributed by atoms with E-state index in [4.69, 9.17) is 5.11 Å². The van der Waals surface area contributed by atoms with Gasteiger partial charge < -0.3 is 5.11 Å². The van der Waals surface area contributed by atoms with Gasteiger partial charge in [-0.25, -0.2) is 0 Å². The molecule has 5 heteroatoms. The third-order valence-corrected chi connectivity index (χ3v) is 1.23. The molecule has 1 aromatic carbocycles. The number of hydrogen-bond acceptors (Lipinski definition) is 3. The maximum Gasteiger partial charge on any atom is 0.162 e. The number of benzene rings is 1. The van der Waals surface area contributed by atoms with E-state index in [-0.39, 0.29) is 45.0 Å². The molecule has 0 amide bonds. The van der Waals surface area contributed by atoms with Crippen molar-refractivity contribution in [2.24, 2.45) is 0 Å². The van der Waals surface area contributed by atoms with Crippen LogP contribution in [-0.4, -0.2) is 10.0 Å². The number of non-ortho nitro benzene ring substituents is 1. The van der Waals surface area contributed by atoms with Gasteiger partial charge in [-0.05, 0) is 0 Å². The monoisotopic (exact) mass is 241 g/mol. The van der Waals surface area contributed by atoms with Crippen LogP contribution in [0.4, 0.5) is 5.69 Å². The Morgan fingerprint density at radius 1 is 1.67 bits per heavy atom. The summed E-state index contributed by atoms with van der Waals surface area (Å²) < 4.78 is 0. The number of rotatable bonds is 2. The van der Waals surface area contributed by atoms with E-state index < -0.39 is 4.92 Å². The first kappa shape index (κ1) is 11.7. The number of nitro benzene ring substituents is 1. The molecule has 0 unspecified atom stereocenters. The predicted molar refractivity (Wildman–Crippen MR) is 37.9 cm³/mol. The van der Waals surface area contributed by atoms with Crippen molar-refractivity contribution in [2.75, 3.05) is 0 Å². The van der Waals surface area contributed by atoms with Gasteiger partial charge in [0, 0.05) is 44.2 Å². The Balaban J connectivity index is 0.00000121. The van der Waals surface area contributed by atoms with E-state index in [2.05, 4.69) is 6.07 Å². The summed E-state index contributed by atoms with van der Waals surface area (Å²) in [4.78, 5) is 9.62. The predicted octanol–water partition coefficient (Wildman–Crippen LogP) is 0.885. The standard InChI is InChI=1S/C7H6NO3.Y/c9-5-6-2-1-3-7(4-6)8(10)11;/h1-2,4,9H,5H2;/q-1;. The van der Waals surface area contributed by atoms with Crippen molar-refractivity contribution in [3.05, 3.63) is 39.9 Å². The maximum absolute atomic E-state index is 10.2. The van der Waals surface area contributed by atoms with Crippen LogP contribution in [0.1, 0.15) is 5.56 Å². The molecule has 1 radical (unpaired) electrons. The van der Waals surface area contributed by atoms with Crippen molar-refractivity contribution < 1.29 is 42.7 Å². The van der Waals surface area contributed by atoms with Gasteiger partial charge in [-0.15, -0.1) is 11.6 Å². The van der Waals surface area contributed by atoms with Crippen LogP contribution in [0.2, 0.25) is 0 Å². The van der Waals surface area contributed by atoms with Gasteiger partial charge in [0.1, 0.15) is 0 Å². The van der Waals surface area contributed by atoms with E-state index in [1.54, 1.807) is 6.07 Å². The average molecular weight is 241 g/mol. The zero-order valence-electron chi connectivity index (χ0n) is 6.23. The second kappa shape index (κ2) is 5.35. The normalized spacial score (nSPS) is 8.75. The molecule has 1 rings (SSSR count). The van der Waals surface area contributed by atoms with Crippen molar-refractivity contribution >= 4 is 5.69 Å². The Morgan fingerprint density at radius 2 is 2.33 bits per heavy atom. The number of hydrogen-bond donors (Lipinski definition) is 1. The molecule has 0 aliphatic carbocycles. The first-order valence-electron chi connectivity index (χ1n) is 3.00. The van der Waals surface area contributed by atoms with Crippen molar-refractivity contribution in [1.82, 2.24) is 0 Å². The zero-order valence-corrected chi connectivity index (χ0v) is 9.07. The molecule has 0 bridgehead atoms. The first-order valence-corrected chi connectivity index (χ1v) is 3.00. The second-order valence-corrected chi connectivity index (χ2v) is 2.00. The van der Waals surface area contributed by atoms with Crippen LogP contribution in [0.15, 0.2) is 18.2 Å². The van der Waals surface area contributed by atoms with Crippen molar-refractivity contribution in [2.45, 2.75) is 6.61 Å². The first-order chi connectivity index (χ1) is 5.24. The molecule has 0 heterocycles. The molecule has 0 saturated carbocycles. The van der Waals surface area contributed by atoms with Crippen LogP contribution in [0.25, 0.3) is 0 Å². The molecule has 1 aromatic rings. The molecule has 0 spiro atoms. The number of aliphatic hydroxyl groups is 1. The minimum absolute atomic E-state index is 0. The Labute approximate surface area is 94.6 Å². The molecule has 0 aromatic heterocycles. The Kier molecular flexibility index (Phi) is 5.21. The Bertz CT molecular complexity index is 277. The minimum atomic E-state index is -0.542. The van der Waals surface area contributed by atoms with E-state index in [1.165, 1.54) is 12.1 Å². The van der Waals surface area contributed by atoms with Crippen LogP contribution in [0, 0.1) is 16.2 Å². The van der Waals surface area contributed by atoms with Gasteiger partial charge in [-0.2, -0.15) is 12.1 Å². The number of nitro groups is 1. The van der Waals surface area contributed by atoms with Crippen molar-refractivity contribution in [3.63, 3.8) is 0 Å². The summed E-state index contributed by atoms with van der Waals surface area (Å²) in [5.74, 6) is 0. The summed E-state index contributed by atoms with van der Waals surface area (Å²) in [6.45, 7) is -0.185. The third kappa shape index (κ3) is 2.97. The third-order valence-electron chi connectivity index (χ3n) is 1.23. The van der Waals surface area contributed by atoms with Gasteiger partial charge >= 0.3 is 0 Å². The second-order valence-electron chi connectivity index (χ2n) is 2.00. The van der Waals surface area contributed by atoms with Crippen LogP contribution in [0.5, 0.6) is 0 Å². The number of aliphatic hydroxyl groups excluding tert-OH is 1. The van der Waals surface area contributed by atoms with Gasteiger partial charge in [-0.1, -0.05) is 6.07 Å². The van der Waals surface area contributed by atoms with Gasteiger partial charge in [0.05, 0.1) is 0 Å². The van der Waals surface area contributed by atoms with Crippen LogP contribution in [0.3, 0.4) is 0 Å². The molecule has 12 heavy (non-hydrogen) atoms. The molecular formula is C7H6NO3Y-. The molecule has 0 saturated heterocycles. The summed E-state index contributed by atoms with van der Waals surface area (Å²) in [5.41, 5.74) is 0.409. The topological polar surface area (TPSA) is 63.4 Å². The molecule has 4 nitrogen and oxygen atoms in total. The Morgan fingerprint density at radius 3 is 2.83 bits per heavy atom. The number of nitrogens with zero attached hydrogens (tertiary/aromatic N) is 1. The summed E-state index contributed by atoms with van der Waals surface area (Å²) >= 11 is 0. The van der Waals surface area contributed by atoms with Gasteiger partial charge in [0.2, 0.25) is 0 Å². The van der Waals surface area contributed by atoms with Gasteiger partial charge in [0.15, 0.2) is 5.69 Å². The maximum atomic E-state index is 10.2. The van der Waals surface area contributed by atoms with Crippen LogP contribution < -0.4 is 0 Å². The van der Waals surface area contributed by atoms with Crippen molar-refractivity contribution in [1.29, 1.82) is 0 Å². The van der Waals surface area contributed by atoms with E-state index in [0.717, 1.165) is 0 Å². The molecule has 1 N–H and O–H groups in total.